The standard InChI is InChI=1S/C20H30FN3O2/c1-18(2,3)11-14(25)23-17-22-13-10-9-12(20(7,8)26)15(21)16(13)24(17)19(4,5)6/h9-10,26H,11H2,1-8H3,(H,22,23,25). The third-order valence-electron chi connectivity index (χ3n) is 4.03. The van der Waals surface area contributed by atoms with Crippen molar-refractivity contribution in [2.45, 2.75) is 73.0 Å². The molecule has 1 aromatic heterocycles. The molecule has 5 nitrogen and oxygen atoms in total. The van der Waals surface area contributed by atoms with Crippen LogP contribution in [-0.2, 0) is 15.9 Å². The molecule has 0 radical (unpaired) electrons. The average Bonchev–Trinajstić information content (AvgIpc) is 2.73. The fraction of sp³-hybridized carbons (Fsp3) is 0.600. The van der Waals surface area contributed by atoms with Crippen LogP contribution in [0.2, 0.25) is 0 Å². The van der Waals surface area contributed by atoms with Crippen molar-refractivity contribution in [2.24, 2.45) is 5.41 Å². The number of imidazole rings is 1. The second-order valence-electron chi connectivity index (χ2n) is 9.58. The van der Waals surface area contributed by atoms with Gasteiger partial charge < -0.3 is 9.67 Å². The van der Waals surface area contributed by atoms with E-state index >= 15 is 4.39 Å². The smallest absolute Gasteiger partial charge is 0.227 e. The van der Waals surface area contributed by atoms with Crippen LogP contribution in [0.5, 0.6) is 0 Å². The van der Waals surface area contributed by atoms with E-state index in [-0.39, 0.29) is 22.4 Å². The molecule has 144 valence electrons. The lowest BCUT2D eigenvalue weighted by Crippen LogP contribution is -2.28. The summed E-state index contributed by atoms with van der Waals surface area (Å²) in [5.41, 5.74) is -1.08. The zero-order valence-corrected chi connectivity index (χ0v) is 17.0. The molecule has 0 fully saturated rings. The highest BCUT2D eigenvalue weighted by Crippen LogP contribution is 2.34. The highest BCUT2D eigenvalue weighted by atomic mass is 19.1. The van der Waals surface area contributed by atoms with Crippen molar-refractivity contribution in [3.8, 4) is 0 Å². The number of carbonyl (C=O) groups is 1. The first-order chi connectivity index (χ1) is 11.6. The van der Waals surface area contributed by atoms with Crippen LogP contribution in [0, 0.1) is 11.2 Å². The van der Waals surface area contributed by atoms with Crippen LogP contribution in [0.3, 0.4) is 0 Å². The lowest BCUT2D eigenvalue weighted by molar-refractivity contribution is -0.117. The summed E-state index contributed by atoms with van der Waals surface area (Å²) < 4.78 is 16.9. The Kier molecular flexibility index (Phi) is 4.96. The van der Waals surface area contributed by atoms with Crippen LogP contribution in [0.1, 0.15) is 67.4 Å². The van der Waals surface area contributed by atoms with Gasteiger partial charge in [-0.15, -0.1) is 0 Å². The van der Waals surface area contributed by atoms with Crippen LogP contribution in [0.15, 0.2) is 12.1 Å². The van der Waals surface area contributed by atoms with E-state index in [9.17, 15) is 9.90 Å². The maximum Gasteiger partial charge on any atom is 0.227 e. The van der Waals surface area contributed by atoms with Crippen LogP contribution in [0.25, 0.3) is 11.0 Å². The monoisotopic (exact) mass is 363 g/mol. The first kappa shape index (κ1) is 20.4. The molecular weight excluding hydrogens is 333 g/mol. The Morgan fingerprint density at radius 3 is 2.19 bits per heavy atom. The van der Waals surface area contributed by atoms with Gasteiger partial charge >= 0.3 is 0 Å². The van der Waals surface area contributed by atoms with Crippen molar-refractivity contribution >= 4 is 22.9 Å². The number of nitrogens with one attached hydrogen (secondary N) is 1. The largest absolute Gasteiger partial charge is 0.386 e. The van der Waals surface area contributed by atoms with Crippen molar-refractivity contribution in [3.05, 3.63) is 23.5 Å². The van der Waals surface area contributed by atoms with E-state index in [1.54, 1.807) is 30.5 Å². The fourth-order valence-corrected chi connectivity index (χ4v) is 2.99. The first-order valence-corrected chi connectivity index (χ1v) is 8.85. The summed E-state index contributed by atoms with van der Waals surface area (Å²) >= 11 is 0. The first-order valence-electron chi connectivity index (χ1n) is 8.85. The SMILES string of the molecule is CC(C)(C)CC(=O)Nc1nc2ccc(C(C)(C)O)c(F)c2n1C(C)(C)C. The molecule has 1 aromatic carbocycles. The lowest BCUT2D eigenvalue weighted by atomic mass is 9.92. The van der Waals surface area contributed by atoms with Crippen LogP contribution >= 0.6 is 0 Å². The van der Waals surface area contributed by atoms with Gasteiger partial charge in [0.05, 0.1) is 11.1 Å². The Morgan fingerprint density at radius 2 is 1.73 bits per heavy atom. The summed E-state index contributed by atoms with van der Waals surface area (Å²) in [6, 6.07) is 3.21. The molecule has 1 heterocycles. The second-order valence-corrected chi connectivity index (χ2v) is 9.58. The summed E-state index contributed by atoms with van der Waals surface area (Å²) in [5, 5.41) is 13.1. The van der Waals surface area contributed by atoms with Gasteiger partial charge in [0.25, 0.3) is 0 Å². The number of hydrogen-bond acceptors (Lipinski definition) is 3. The number of carbonyl (C=O) groups excluding carboxylic acids is 1. The molecular formula is C20H30FN3O2. The maximum atomic E-state index is 15.2. The van der Waals surface area contributed by atoms with E-state index in [1.165, 1.54) is 0 Å². The number of hydrogen-bond donors (Lipinski definition) is 2. The number of rotatable bonds is 3. The summed E-state index contributed by atoms with van der Waals surface area (Å²) in [5.74, 6) is -0.372. The van der Waals surface area contributed by atoms with Gasteiger partial charge in [-0.3, -0.25) is 10.1 Å². The molecule has 0 aliphatic carbocycles. The van der Waals surface area contributed by atoms with Crippen molar-refractivity contribution in [1.29, 1.82) is 0 Å². The lowest BCUT2D eigenvalue weighted by Gasteiger charge is -2.26. The Morgan fingerprint density at radius 1 is 1.15 bits per heavy atom. The summed E-state index contributed by atoms with van der Waals surface area (Å²) in [4.78, 5) is 16.8. The molecule has 2 aromatic rings. The van der Waals surface area contributed by atoms with E-state index in [0.29, 0.717) is 17.9 Å². The van der Waals surface area contributed by atoms with Crippen molar-refractivity contribution in [2.75, 3.05) is 5.32 Å². The Bertz CT molecular complexity index is 834. The molecule has 0 aliphatic rings. The topological polar surface area (TPSA) is 67.2 Å². The van der Waals surface area contributed by atoms with Gasteiger partial charge in [0.15, 0.2) is 5.82 Å². The fourth-order valence-electron chi connectivity index (χ4n) is 2.99. The number of aliphatic hydroxyl groups is 1. The zero-order chi connectivity index (χ0) is 20.1. The normalized spacial score (nSPS) is 13.3. The Labute approximate surface area is 154 Å². The maximum absolute atomic E-state index is 15.2. The number of anilines is 1. The number of benzene rings is 1. The van der Waals surface area contributed by atoms with Crippen LogP contribution in [0.4, 0.5) is 10.3 Å². The Balaban J connectivity index is 2.65. The van der Waals surface area contributed by atoms with Gasteiger partial charge in [0.2, 0.25) is 11.9 Å². The van der Waals surface area contributed by atoms with Gasteiger partial charge in [0.1, 0.15) is 5.52 Å². The van der Waals surface area contributed by atoms with E-state index in [4.69, 9.17) is 0 Å². The highest BCUT2D eigenvalue weighted by Gasteiger charge is 2.29. The highest BCUT2D eigenvalue weighted by molar-refractivity contribution is 5.92. The quantitative estimate of drug-likeness (QED) is 0.842. The van der Waals surface area contributed by atoms with E-state index in [2.05, 4.69) is 10.3 Å². The predicted molar refractivity (Wildman–Crippen MR) is 103 cm³/mol. The molecule has 2 rings (SSSR count). The number of nitrogens with zero attached hydrogens (tertiary/aromatic N) is 2. The summed E-state index contributed by atoms with van der Waals surface area (Å²) in [7, 11) is 0. The third kappa shape index (κ3) is 4.23. The van der Waals surface area contributed by atoms with E-state index < -0.39 is 17.0 Å². The van der Waals surface area contributed by atoms with Crippen molar-refractivity contribution in [3.63, 3.8) is 0 Å². The van der Waals surface area contributed by atoms with E-state index in [1.807, 2.05) is 41.5 Å². The van der Waals surface area contributed by atoms with Gasteiger partial charge in [-0.05, 0) is 46.1 Å². The molecule has 0 aliphatic heterocycles. The number of fused-ring (bicyclic) bond motifs is 1. The third-order valence-corrected chi connectivity index (χ3v) is 4.03. The minimum Gasteiger partial charge on any atom is -0.386 e. The number of amides is 1. The molecule has 2 N–H and O–H groups in total. The van der Waals surface area contributed by atoms with Crippen molar-refractivity contribution < 1.29 is 14.3 Å². The molecule has 6 heteroatoms. The molecule has 0 saturated carbocycles. The summed E-state index contributed by atoms with van der Waals surface area (Å²) in [6.07, 6.45) is 0.331. The molecule has 26 heavy (non-hydrogen) atoms. The number of halogens is 1. The van der Waals surface area contributed by atoms with Crippen LogP contribution in [-0.4, -0.2) is 20.6 Å². The Hall–Kier alpha value is -1.95. The minimum absolute atomic E-state index is 0.165. The van der Waals surface area contributed by atoms with E-state index in [0.717, 1.165) is 0 Å². The molecule has 0 bridgehead atoms. The minimum atomic E-state index is -1.32. The predicted octanol–water partition coefficient (Wildman–Crippen LogP) is 4.53. The van der Waals surface area contributed by atoms with Gasteiger partial charge in [-0.25, -0.2) is 9.37 Å². The summed E-state index contributed by atoms with van der Waals surface area (Å²) in [6.45, 7) is 14.8. The molecule has 1 amide bonds. The molecule has 0 saturated heterocycles. The van der Waals surface area contributed by atoms with Gasteiger partial charge in [-0.2, -0.15) is 0 Å². The number of aromatic nitrogens is 2. The van der Waals surface area contributed by atoms with Crippen molar-refractivity contribution in [1.82, 2.24) is 9.55 Å². The molecule has 0 atom stereocenters. The zero-order valence-electron chi connectivity index (χ0n) is 17.0. The van der Waals surface area contributed by atoms with Gasteiger partial charge in [0, 0.05) is 17.5 Å². The van der Waals surface area contributed by atoms with Crippen LogP contribution < -0.4 is 5.32 Å². The molecule has 0 spiro atoms. The molecule has 0 unspecified atom stereocenters. The van der Waals surface area contributed by atoms with Gasteiger partial charge in [-0.1, -0.05) is 26.8 Å². The average molecular weight is 363 g/mol. The second kappa shape index (κ2) is 6.34.